The number of carboxylic acid groups (broad SMARTS) is 1. The van der Waals surface area contributed by atoms with E-state index in [9.17, 15) is 13.2 Å². The molecule has 1 N–H and O–H groups in total. The summed E-state index contributed by atoms with van der Waals surface area (Å²) in [7, 11) is -2.51. The highest BCUT2D eigenvalue weighted by Gasteiger charge is 2.29. The van der Waals surface area contributed by atoms with E-state index in [0.29, 0.717) is 10.9 Å². The van der Waals surface area contributed by atoms with Gasteiger partial charge in [-0.3, -0.25) is 18.8 Å². The molecular formula is C15H14N4O4S. The van der Waals surface area contributed by atoms with Gasteiger partial charge in [-0.05, 0) is 12.1 Å². The van der Waals surface area contributed by atoms with Gasteiger partial charge in [0.2, 0.25) is 0 Å². The maximum absolute atomic E-state index is 13.1. The first kappa shape index (κ1) is 15.9. The molecule has 0 unspecified atom stereocenters. The molecule has 0 amide bonds. The topological polar surface area (TPSA) is 105 Å². The smallest absolute Gasteiger partial charge is 0.324 e. The zero-order valence-corrected chi connectivity index (χ0v) is 13.5. The van der Waals surface area contributed by atoms with Crippen LogP contribution >= 0.6 is 0 Å². The zero-order valence-electron chi connectivity index (χ0n) is 12.7. The highest BCUT2D eigenvalue weighted by Crippen LogP contribution is 2.27. The largest absolute Gasteiger partial charge is 0.480 e. The lowest BCUT2D eigenvalue weighted by molar-refractivity contribution is -0.135. The number of anilines is 1. The molecule has 8 nitrogen and oxygen atoms in total. The van der Waals surface area contributed by atoms with Crippen molar-refractivity contribution in [3.05, 3.63) is 48.9 Å². The zero-order chi connectivity index (χ0) is 17.3. The molecule has 0 atom stereocenters. The van der Waals surface area contributed by atoms with Crippen LogP contribution in [0.25, 0.3) is 10.9 Å². The van der Waals surface area contributed by atoms with Crippen LogP contribution < -0.4 is 4.31 Å². The van der Waals surface area contributed by atoms with Gasteiger partial charge in [0, 0.05) is 24.8 Å². The number of benzene rings is 1. The number of sulfonamides is 1. The third-order valence-corrected chi connectivity index (χ3v) is 5.23. The Morgan fingerprint density at radius 1 is 1.29 bits per heavy atom. The van der Waals surface area contributed by atoms with Crippen molar-refractivity contribution in [2.45, 2.75) is 4.90 Å². The van der Waals surface area contributed by atoms with E-state index >= 15 is 0 Å². The van der Waals surface area contributed by atoms with Gasteiger partial charge in [-0.2, -0.15) is 5.10 Å². The second-order valence-electron chi connectivity index (χ2n) is 5.11. The molecule has 0 aliphatic heterocycles. The molecule has 24 heavy (non-hydrogen) atoms. The number of hydrogen-bond acceptors (Lipinski definition) is 5. The van der Waals surface area contributed by atoms with E-state index in [1.165, 1.54) is 29.3 Å². The lowest BCUT2D eigenvalue weighted by Gasteiger charge is -2.21. The lowest BCUT2D eigenvalue weighted by atomic mass is 10.2. The molecule has 3 rings (SSSR count). The van der Waals surface area contributed by atoms with Gasteiger partial charge >= 0.3 is 5.97 Å². The number of pyridine rings is 1. The van der Waals surface area contributed by atoms with Gasteiger partial charge in [-0.25, -0.2) is 8.42 Å². The molecule has 0 spiro atoms. The minimum Gasteiger partial charge on any atom is -0.480 e. The second kappa shape index (κ2) is 5.93. The summed E-state index contributed by atoms with van der Waals surface area (Å²) < 4.78 is 28.4. The normalized spacial score (nSPS) is 11.5. The van der Waals surface area contributed by atoms with E-state index < -0.39 is 22.5 Å². The molecule has 0 saturated heterocycles. The van der Waals surface area contributed by atoms with Gasteiger partial charge in [-0.15, -0.1) is 0 Å². The van der Waals surface area contributed by atoms with E-state index in [2.05, 4.69) is 10.1 Å². The highest BCUT2D eigenvalue weighted by molar-refractivity contribution is 7.93. The van der Waals surface area contributed by atoms with E-state index in [4.69, 9.17) is 5.11 Å². The highest BCUT2D eigenvalue weighted by atomic mass is 32.2. The average molecular weight is 346 g/mol. The molecule has 0 bridgehead atoms. The number of carbonyl (C=O) groups is 1. The summed E-state index contributed by atoms with van der Waals surface area (Å²) in [6.07, 6.45) is 4.24. The van der Waals surface area contributed by atoms with Crippen LogP contribution in [0.1, 0.15) is 0 Å². The maximum Gasteiger partial charge on any atom is 0.324 e. The number of aromatic nitrogens is 3. The van der Waals surface area contributed by atoms with Crippen LogP contribution in [0.4, 0.5) is 5.69 Å². The molecule has 2 aromatic heterocycles. The first-order valence-corrected chi connectivity index (χ1v) is 8.40. The van der Waals surface area contributed by atoms with E-state index in [1.807, 2.05) is 0 Å². The number of aliphatic carboxylic acids is 1. The maximum atomic E-state index is 13.1. The number of fused-ring (bicyclic) bond motifs is 1. The Hall–Kier alpha value is -2.94. The van der Waals surface area contributed by atoms with Crippen molar-refractivity contribution < 1.29 is 18.3 Å². The Kier molecular flexibility index (Phi) is 3.94. The molecule has 0 aliphatic carbocycles. The molecule has 2 heterocycles. The minimum absolute atomic E-state index is 0.0503. The van der Waals surface area contributed by atoms with Crippen LogP contribution in [0.3, 0.4) is 0 Å². The summed E-state index contributed by atoms with van der Waals surface area (Å²) >= 11 is 0. The van der Waals surface area contributed by atoms with Gasteiger partial charge in [0.15, 0.2) is 0 Å². The average Bonchev–Trinajstić information content (AvgIpc) is 2.97. The molecule has 0 fully saturated rings. The van der Waals surface area contributed by atoms with Crippen LogP contribution in [-0.4, -0.2) is 40.8 Å². The summed E-state index contributed by atoms with van der Waals surface area (Å²) in [5.74, 6) is -1.27. The summed E-state index contributed by atoms with van der Waals surface area (Å²) in [4.78, 5) is 15.3. The first-order valence-electron chi connectivity index (χ1n) is 6.96. The van der Waals surface area contributed by atoms with Crippen LogP contribution in [0.5, 0.6) is 0 Å². The second-order valence-corrected chi connectivity index (χ2v) is 6.94. The summed E-state index contributed by atoms with van der Waals surface area (Å²) in [6, 6.07) is 8.20. The van der Waals surface area contributed by atoms with Crippen molar-refractivity contribution >= 4 is 32.6 Å². The van der Waals surface area contributed by atoms with E-state index in [-0.39, 0.29) is 10.6 Å². The van der Waals surface area contributed by atoms with Gasteiger partial charge in [-0.1, -0.05) is 18.2 Å². The fraction of sp³-hybridized carbons (Fsp3) is 0.133. The SMILES string of the molecule is Cn1cc(N(CC(=O)O)S(=O)(=O)c2cccc3cccnc23)cn1. The molecule has 3 aromatic rings. The standard InChI is InChI=1S/C15H14N4O4S/c1-18-9-12(8-17-18)19(10-14(20)21)24(22,23)13-6-2-4-11-5-3-7-16-15(11)13/h2-9H,10H2,1H3,(H,20,21). The van der Waals surface area contributed by atoms with Crippen LogP contribution in [0.2, 0.25) is 0 Å². The third kappa shape index (κ3) is 2.81. The number of carboxylic acids is 1. The molecule has 0 saturated carbocycles. The van der Waals surface area contributed by atoms with Crippen molar-refractivity contribution in [3.63, 3.8) is 0 Å². The Labute approximate surface area is 138 Å². The Morgan fingerprint density at radius 3 is 2.71 bits per heavy atom. The molecule has 0 aliphatic rings. The Balaban J connectivity index is 2.20. The summed E-state index contributed by atoms with van der Waals surface area (Å²) in [6.45, 7) is -0.711. The van der Waals surface area contributed by atoms with Crippen LogP contribution in [0, 0.1) is 0 Å². The molecule has 0 radical (unpaired) electrons. The molecular weight excluding hydrogens is 332 g/mol. The Bertz CT molecular complexity index is 1010. The molecule has 1 aromatic carbocycles. The van der Waals surface area contributed by atoms with E-state index in [0.717, 1.165) is 4.31 Å². The number of nitrogens with zero attached hydrogens (tertiary/aromatic N) is 4. The van der Waals surface area contributed by atoms with Gasteiger partial charge in [0.25, 0.3) is 10.0 Å². The molecule has 124 valence electrons. The van der Waals surface area contributed by atoms with Crippen LogP contribution in [0.15, 0.2) is 53.8 Å². The minimum atomic E-state index is -4.13. The quantitative estimate of drug-likeness (QED) is 0.745. The first-order chi connectivity index (χ1) is 11.4. The Morgan fingerprint density at radius 2 is 2.04 bits per heavy atom. The lowest BCUT2D eigenvalue weighted by Crippen LogP contribution is -2.35. The van der Waals surface area contributed by atoms with Crippen LogP contribution in [-0.2, 0) is 21.9 Å². The fourth-order valence-corrected chi connectivity index (χ4v) is 3.93. The fourth-order valence-electron chi connectivity index (χ4n) is 2.38. The number of para-hydroxylation sites is 1. The molecule has 9 heteroatoms. The van der Waals surface area contributed by atoms with Crippen molar-refractivity contribution in [1.82, 2.24) is 14.8 Å². The van der Waals surface area contributed by atoms with E-state index in [1.54, 1.807) is 31.3 Å². The van der Waals surface area contributed by atoms with Crippen molar-refractivity contribution in [2.24, 2.45) is 7.05 Å². The monoisotopic (exact) mass is 346 g/mol. The number of aryl methyl sites for hydroxylation is 1. The summed E-state index contributed by atoms with van der Waals surface area (Å²) in [5, 5.41) is 13.7. The van der Waals surface area contributed by atoms with Crippen molar-refractivity contribution in [3.8, 4) is 0 Å². The number of rotatable bonds is 5. The number of hydrogen-bond donors (Lipinski definition) is 1. The predicted molar refractivity (Wildman–Crippen MR) is 87.1 cm³/mol. The van der Waals surface area contributed by atoms with Crippen molar-refractivity contribution in [1.29, 1.82) is 0 Å². The van der Waals surface area contributed by atoms with Crippen molar-refractivity contribution in [2.75, 3.05) is 10.8 Å². The summed E-state index contributed by atoms with van der Waals surface area (Å²) in [5.41, 5.74) is 0.465. The predicted octanol–water partition coefficient (Wildman–Crippen LogP) is 1.25. The van der Waals surface area contributed by atoms with Gasteiger partial charge in [0.05, 0.1) is 17.4 Å². The third-order valence-electron chi connectivity index (χ3n) is 3.42. The van der Waals surface area contributed by atoms with Gasteiger partial charge in [0.1, 0.15) is 11.4 Å². The van der Waals surface area contributed by atoms with Gasteiger partial charge < -0.3 is 5.11 Å².